The maximum absolute atomic E-state index is 11.8. The quantitative estimate of drug-likeness (QED) is 0.661. The summed E-state index contributed by atoms with van der Waals surface area (Å²) in [5.74, 6) is 0.0191. The second-order valence-electron chi connectivity index (χ2n) is 4.51. The number of nitrogens with zero attached hydrogens (tertiary/aromatic N) is 1. The number of rotatable bonds is 4. The normalized spacial score (nSPS) is 15.4. The van der Waals surface area contributed by atoms with E-state index >= 15 is 0 Å². The summed E-state index contributed by atoms with van der Waals surface area (Å²) in [6.45, 7) is 0. The van der Waals surface area contributed by atoms with Crippen LogP contribution in [0.1, 0.15) is 28.9 Å². The molecule has 1 fully saturated rings. The fourth-order valence-corrected chi connectivity index (χ4v) is 2.90. The number of hydrogen-bond donors (Lipinski definition) is 2. The van der Waals surface area contributed by atoms with Crippen LogP contribution in [-0.4, -0.2) is 16.4 Å². The first-order chi connectivity index (χ1) is 8.99. The Morgan fingerprint density at radius 3 is 2.74 bits per heavy atom. The highest BCUT2D eigenvalue weighted by atomic mass is 32.1. The standard InChI is InChI=1S/C12H15N3O2S2/c1-15-11(9(10(13)17)19-12(15)18)14-8(16)6-5-7-3-2-4-7/h5-7H,2-4H2,1H3,(H2,13,17)(H,14,16)/b6-5+. The number of carbonyl (C=O) groups excluding carboxylic acids is 2. The highest BCUT2D eigenvalue weighted by Crippen LogP contribution is 2.27. The minimum atomic E-state index is -0.588. The van der Waals surface area contributed by atoms with Gasteiger partial charge in [-0.2, -0.15) is 0 Å². The smallest absolute Gasteiger partial charge is 0.262 e. The lowest BCUT2D eigenvalue weighted by atomic mass is 9.85. The third-order valence-electron chi connectivity index (χ3n) is 3.15. The number of aromatic nitrogens is 1. The molecular formula is C12H15N3O2S2. The Balaban J connectivity index is 2.13. The first-order valence-corrected chi connectivity index (χ1v) is 7.20. The van der Waals surface area contributed by atoms with Gasteiger partial charge in [0, 0.05) is 7.05 Å². The first-order valence-electron chi connectivity index (χ1n) is 5.98. The van der Waals surface area contributed by atoms with Gasteiger partial charge in [-0.25, -0.2) is 0 Å². The van der Waals surface area contributed by atoms with Crippen LogP contribution in [0, 0.1) is 9.87 Å². The van der Waals surface area contributed by atoms with Crippen molar-refractivity contribution in [1.82, 2.24) is 4.57 Å². The van der Waals surface area contributed by atoms with Gasteiger partial charge < -0.3 is 15.6 Å². The van der Waals surface area contributed by atoms with E-state index < -0.39 is 5.91 Å². The molecule has 0 atom stereocenters. The second kappa shape index (κ2) is 5.66. The maximum atomic E-state index is 11.8. The Morgan fingerprint density at radius 1 is 1.53 bits per heavy atom. The molecule has 2 rings (SSSR count). The number of nitrogens with two attached hydrogens (primary N) is 1. The number of nitrogens with one attached hydrogen (secondary N) is 1. The molecule has 0 saturated heterocycles. The number of primary amides is 1. The van der Waals surface area contributed by atoms with Crippen LogP contribution < -0.4 is 11.1 Å². The molecule has 0 spiro atoms. The third-order valence-corrected chi connectivity index (χ3v) is 4.72. The average molecular weight is 297 g/mol. The second-order valence-corrected chi connectivity index (χ2v) is 6.15. The molecule has 1 aliphatic carbocycles. The largest absolute Gasteiger partial charge is 0.365 e. The van der Waals surface area contributed by atoms with Gasteiger partial charge in [-0.1, -0.05) is 23.8 Å². The van der Waals surface area contributed by atoms with E-state index in [0.29, 0.717) is 15.7 Å². The molecule has 3 N–H and O–H groups in total. The van der Waals surface area contributed by atoms with Gasteiger partial charge >= 0.3 is 0 Å². The molecule has 1 aromatic rings. The zero-order valence-electron chi connectivity index (χ0n) is 10.5. The van der Waals surface area contributed by atoms with Gasteiger partial charge in [0.25, 0.3) is 5.91 Å². The molecule has 1 saturated carbocycles. The van der Waals surface area contributed by atoms with E-state index in [1.165, 1.54) is 12.5 Å². The van der Waals surface area contributed by atoms with Crippen molar-refractivity contribution >= 4 is 41.2 Å². The first kappa shape index (κ1) is 14.0. The van der Waals surface area contributed by atoms with E-state index in [9.17, 15) is 9.59 Å². The highest BCUT2D eigenvalue weighted by Gasteiger charge is 2.17. The van der Waals surface area contributed by atoms with Gasteiger partial charge in [-0.05, 0) is 37.1 Å². The molecule has 19 heavy (non-hydrogen) atoms. The maximum Gasteiger partial charge on any atom is 0.262 e. The van der Waals surface area contributed by atoms with Gasteiger partial charge in [0.05, 0.1) is 0 Å². The summed E-state index contributed by atoms with van der Waals surface area (Å²) in [6, 6.07) is 0. The van der Waals surface area contributed by atoms with Crippen LogP contribution in [0.4, 0.5) is 5.82 Å². The molecule has 0 radical (unpaired) electrons. The molecule has 0 bridgehead atoms. The van der Waals surface area contributed by atoms with Crippen LogP contribution in [0.25, 0.3) is 0 Å². The fourth-order valence-electron chi connectivity index (χ4n) is 1.77. The molecule has 1 aliphatic rings. The Morgan fingerprint density at radius 2 is 2.21 bits per heavy atom. The predicted molar refractivity (Wildman–Crippen MR) is 77.8 cm³/mol. The minimum Gasteiger partial charge on any atom is -0.365 e. The topological polar surface area (TPSA) is 77.1 Å². The van der Waals surface area contributed by atoms with Crippen molar-refractivity contribution in [1.29, 1.82) is 0 Å². The third kappa shape index (κ3) is 3.10. The van der Waals surface area contributed by atoms with E-state index in [-0.39, 0.29) is 10.8 Å². The lowest BCUT2D eigenvalue weighted by molar-refractivity contribution is -0.112. The van der Waals surface area contributed by atoms with Crippen molar-refractivity contribution in [3.8, 4) is 0 Å². The Hall–Kier alpha value is -1.47. The lowest BCUT2D eigenvalue weighted by Gasteiger charge is -2.21. The van der Waals surface area contributed by atoms with E-state index in [1.807, 2.05) is 6.08 Å². The van der Waals surface area contributed by atoms with Gasteiger partial charge in [0.2, 0.25) is 5.91 Å². The fraction of sp³-hybridized carbons (Fsp3) is 0.417. The molecular weight excluding hydrogens is 282 g/mol. The molecule has 2 amide bonds. The summed E-state index contributed by atoms with van der Waals surface area (Å²) in [6.07, 6.45) is 6.91. The summed E-state index contributed by atoms with van der Waals surface area (Å²) < 4.78 is 2.07. The van der Waals surface area contributed by atoms with Crippen LogP contribution in [-0.2, 0) is 11.8 Å². The summed E-state index contributed by atoms with van der Waals surface area (Å²) in [5.41, 5.74) is 5.27. The monoisotopic (exact) mass is 297 g/mol. The zero-order chi connectivity index (χ0) is 14.0. The molecule has 1 aromatic heterocycles. The summed E-state index contributed by atoms with van der Waals surface area (Å²) in [4.78, 5) is 23.4. The minimum absolute atomic E-state index is 0.266. The molecule has 0 unspecified atom stereocenters. The summed E-state index contributed by atoms with van der Waals surface area (Å²) in [7, 11) is 1.69. The van der Waals surface area contributed by atoms with Crippen molar-refractivity contribution in [3.05, 3.63) is 21.0 Å². The van der Waals surface area contributed by atoms with Crippen LogP contribution in [0.3, 0.4) is 0 Å². The number of hydrogen-bond acceptors (Lipinski definition) is 4. The predicted octanol–water partition coefficient (Wildman–Crippen LogP) is 2.21. The van der Waals surface area contributed by atoms with Crippen molar-refractivity contribution < 1.29 is 9.59 Å². The molecule has 0 aliphatic heterocycles. The van der Waals surface area contributed by atoms with E-state index in [1.54, 1.807) is 11.6 Å². The van der Waals surface area contributed by atoms with Gasteiger partial charge in [-0.3, -0.25) is 9.59 Å². The SMILES string of the molecule is Cn1c(NC(=O)/C=C/C2CCC2)c(C(N)=O)sc1=S. The summed E-state index contributed by atoms with van der Waals surface area (Å²) >= 11 is 6.17. The van der Waals surface area contributed by atoms with Gasteiger partial charge in [-0.15, -0.1) is 0 Å². The number of allylic oxidation sites excluding steroid dienone is 1. The molecule has 1 heterocycles. The Labute approximate surface area is 120 Å². The molecule has 0 aromatic carbocycles. The van der Waals surface area contributed by atoms with Crippen LogP contribution >= 0.6 is 23.6 Å². The van der Waals surface area contributed by atoms with Crippen molar-refractivity contribution in [2.24, 2.45) is 18.7 Å². The lowest BCUT2D eigenvalue weighted by Crippen LogP contribution is -2.18. The molecule has 5 nitrogen and oxygen atoms in total. The molecule has 102 valence electrons. The number of carbonyl (C=O) groups is 2. The van der Waals surface area contributed by atoms with E-state index in [4.69, 9.17) is 18.0 Å². The Kier molecular flexibility index (Phi) is 4.16. The van der Waals surface area contributed by atoms with E-state index in [2.05, 4.69) is 5.32 Å². The van der Waals surface area contributed by atoms with Gasteiger partial charge in [0.1, 0.15) is 10.7 Å². The van der Waals surface area contributed by atoms with Crippen molar-refractivity contribution in [2.45, 2.75) is 19.3 Å². The zero-order valence-corrected chi connectivity index (χ0v) is 12.1. The average Bonchev–Trinajstić information content (AvgIpc) is 2.55. The number of amides is 2. The molecule has 7 heteroatoms. The van der Waals surface area contributed by atoms with Crippen molar-refractivity contribution in [2.75, 3.05) is 5.32 Å². The number of thiazole rings is 1. The van der Waals surface area contributed by atoms with Crippen molar-refractivity contribution in [3.63, 3.8) is 0 Å². The number of anilines is 1. The van der Waals surface area contributed by atoms with Crippen LogP contribution in [0.2, 0.25) is 0 Å². The summed E-state index contributed by atoms with van der Waals surface area (Å²) in [5, 5.41) is 2.66. The van der Waals surface area contributed by atoms with Crippen LogP contribution in [0.5, 0.6) is 0 Å². The highest BCUT2D eigenvalue weighted by molar-refractivity contribution is 7.73. The Bertz CT molecular complexity index is 597. The van der Waals surface area contributed by atoms with Gasteiger partial charge in [0.15, 0.2) is 3.95 Å². The van der Waals surface area contributed by atoms with E-state index in [0.717, 1.165) is 24.2 Å². The van der Waals surface area contributed by atoms with Crippen LogP contribution in [0.15, 0.2) is 12.2 Å².